The zero-order valence-corrected chi connectivity index (χ0v) is 17.9. The molecule has 0 amide bonds. The summed E-state index contributed by atoms with van der Waals surface area (Å²) in [6.07, 6.45) is 1.68. The molecule has 0 fully saturated rings. The normalized spacial score (nSPS) is 13.6. The molecule has 1 heterocycles. The van der Waals surface area contributed by atoms with Crippen molar-refractivity contribution >= 4 is 41.0 Å². The summed E-state index contributed by atoms with van der Waals surface area (Å²) in [5.41, 5.74) is 1.86. The molecule has 0 radical (unpaired) electrons. The minimum atomic E-state index is -0.430. The van der Waals surface area contributed by atoms with E-state index in [9.17, 15) is 9.59 Å². The molecular formula is C24H16Cl2O5. The average Bonchev–Trinajstić information content (AvgIpc) is 3.06. The molecule has 0 aromatic heterocycles. The first kappa shape index (κ1) is 21.0. The van der Waals surface area contributed by atoms with Crippen molar-refractivity contribution in [3.63, 3.8) is 0 Å². The maximum Gasteiger partial charge on any atom is 0.315 e. The molecule has 0 saturated heterocycles. The first-order valence-electron chi connectivity index (χ1n) is 9.30. The SMILES string of the molecule is COc1ccc(CC(=O)Oc2ccc3c(c2)O/C(=C\c2ccc(Cl)c(Cl)c2)C3=O)cc1. The monoisotopic (exact) mass is 454 g/mol. The molecule has 5 nitrogen and oxygen atoms in total. The van der Waals surface area contributed by atoms with Crippen molar-refractivity contribution in [1.82, 2.24) is 0 Å². The van der Waals surface area contributed by atoms with E-state index in [0.717, 1.165) is 5.56 Å². The molecule has 0 N–H and O–H groups in total. The van der Waals surface area contributed by atoms with Crippen LogP contribution in [-0.2, 0) is 11.2 Å². The van der Waals surface area contributed by atoms with Gasteiger partial charge in [0.05, 0.1) is 29.1 Å². The molecule has 0 unspecified atom stereocenters. The molecule has 31 heavy (non-hydrogen) atoms. The Balaban J connectivity index is 1.46. The van der Waals surface area contributed by atoms with Crippen molar-refractivity contribution in [2.75, 3.05) is 7.11 Å². The van der Waals surface area contributed by atoms with Gasteiger partial charge in [-0.1, -0.05) is 41.4 Å². The Labute approximate surface area is 188 Å². The smallest absolute Gasteiger partial charge is 0.315 e. The number of allylic oxidation sites excluding steroid dienone is 1. The van der Waals surface area contributed by atoms with E-state index in [1.54, 1.807) is 67.8 Å². The van der Waals surface area contributed by atoms with Gasteiger partial charge >= 0.3 is 5.97 Å². The zero-order valence-electron chi connectivity index (χ0n) is 16.4. The molecule has 0 saturated carbocycles. The minimum Gasteiger partial charge on any atom is -0.497 e. The van der Waals surface area contributed by atoms with E-state index >= 15 is 0 Å². The maximum absolute atomic E-state index is 12.6. The topological polar surface area (TPSA) is 61.8 Å². The number of fused-ring (bicyclic) bond motifs is 1. The molecule has 3 aromatic carbocycles. The summed E-state index contributed by atoms with van der Waals surface area (Å²) in [7, 11) is 1.58. The van der Waals surface area contributed by atoms with E-state index < -0.39 is 5.97 Å². The number of ether oxygens (including phenoxy) is 3. The largest absolute Gasteiger partial charge is 0.497 e. The van der Waals surface area contributed by atoms with Gasteiger partial charge in [0.1, 0.15) is 17.2 Å². The van der Waals surface area contributed by atoms with Crippen LogP contribution in [0.2, 0.25) is 10.0 Å². The first-order chi connectivity index (χ1) is 14.9. The summed E-state index contributed by atoms with van der Waals surface area (Å²) >= 11 is 12.0. The van der Waals surface area contributed by atoms with Crippen LogP contribution in [-0.4, -0.2) is 18.9 Å². The maximum atomic E-state index is 12.6. The Kier molecular flexibility index (Phi) is 5.98. The molecule has 0 spiro atoms. The number of hydrogen-bond acceptors (Lipinski definition) is 5. The van der Waals surface area contributed by atoms with Gasteiger partial charge in [0.25, 0.3) is 0 Å². The van der Waals surface area contributed by atoms with Crippen LogP contribution in [0, 0.1) is 0 Å². The van der Waals surface area contributed by atoms with E-state index in [1.165, 1.54) is 6.07 Å². The van der Waals surface area contributed by atoms with Crippen LogP contribution in [0.15, 0.2) is 66.4 Å². The Morgan fingerprint density at radius 2 is 1.71 bits per heavy atom. The number of halogens is 2. The minimum absolute atomic E-state index is 0.101. The fraction of sp³-hybridized carbons (Fsp3) is 0.0833. The van der Waals surface area contributed by atoms with E-state index in [2.05, 4.69) is 0 Å². The van der Waals surface area contributed by atoms with Crippen LogP contribution < -0.4 is 14.2 Å². The van der Waals surface area contributed by atoms with Crippen molar-refractivity contribution in [3.05, 3.63) is 93.2 Å². The van der Waals surface area contributed by atoms with Crippen LogP contribution in [0.4, 0.5) is 0 Å². The number of ketones is 1. The van der Waals surface area contributed by atoms with Crippen LogP contribution >= 0.6 is 23.2 Å². The van der Waals surface area contributed by atoms with Crippen LogP contribution in [0.25, 0.3) is 6.08 Å². The summed E-state index contributed by atoms with van der Waals surface area (Å²) in [6, 6.07) is 16.8. The Bertz CT molecular complexity index is 1200. The molecule has 4 rings (SSSR count). The highest BCUT2D eigenvalue weighted by molar-refractivity contribution is 6.42. The molecule has 7 heteroatoms. The molecule has 1 aliphatic rings. The quantitative estimate of drug-likeness (QED) is 0.278. The van der Waals surface area contributed by atoms with E-state index in [4.69, 9.17) is 37.4 Å². The fourth-order valence-corrected chi connectivity index (χ4v) is 3.37. The molecule has 0 bridgehead atoms. The van der Waals surface area contributed by atoms with Gasteiger partial charge in [0, 0.05) is 6.07 Å². The Hall–Kier alpha value is -3.28. The van der Waals surface area contributed by atoms with Gasteiger partial charge in [-0.2, -0.15) is 0 Å². The lowest BCUT2D eigenvalue weighted by Gasteiger charge is -2.06. The standard InChI is InChI=1S/C24H16Cl2O5/c1-29-16-5-2-14(3-6-16)12-23(27)30-17-7-8-18-21(13-17)31-22(24(18)28)11-15-4-9-19(25)20(26)10-15/h2-11,13H,12H2,1H3/b22-11-. The van der Waals surface area contributed by atoms with Gasteiger partial charge in [0.15, 0.2) is 5.76 Å². The van der Waals surface area contributed by atoms with Crippen LogP contribution in [0.1, 0.15) is 21.5 Å². The molecular weight excluding hydrogens is 439 g/mol. The summed E-state index contributed by atoms with van der Waals surface area (Å²) in [5, 5.41) is 0.803. The predicted molar refractivity (Wildman–Crippen MR) is 118 cm³/mol. The number of methoxy groups -OCH3 is 1. The van der Waals surface area contributed by atoms with Gasteiger partial charge in [-0.3, -0.25) is 9.59 Å². The highest BCUT2D eigenvalue weighted by atomic mass is 35.5. The number of Topliss-reactive ketones (excluding diaryl/α,β-unsaturated/α-hetero) is 1. The first-order valence-corrected chi connectivity index (χ1v) is 10.1. The summed E-state index contributed by atoms with van der Waals surface area (Å²) in [6.45, 7) is 0. The Morgan fingerprint density at radius 1 is 0.968 bits per heavy atom. The second-order valence-corrected chi connectivity index (χ2v) is 7.58. The fourth-order valence-electron chi connectivity index (χ4n) is 3.06. The third-order valence-electron chi connectivity index (χ3n) is 4.62. The predicted octanol–water partition coefficient (Wildman–Crippen LogP) is 5.77. The summed E-state index contributed by atoms with van der Waals surface area (Å²) in [4.78, 5) is 24.9. The summed E-state index contributed by atoms with van der Waals surface area (Å²) in [5.74, 6) is 0.780. The van der Waals surface area contributed by atoms with Gasteiger partial charge < -0.3 is 14.2 Å². The highest BCUT2D eigenvalue weighted by Crippen LogP contribution is 2.35. The average molecular weight is 455 g/mol. The lowest BCUT2D eigenvalue weighted by atomic mass is 10.1. The molecule has 3 aromatic rings. The summed E-state index contributed by atoms with van der Waals surface area (Å²) < 4.78 is 16.2. The van der Waals surface area contributed by atoms with Gasteiger partial charge in [0.2, 0.25) is 5.78 Å². The number of esters is 1. The van der Waals surface area contributed by atoms with Crippen molar-refractivity contribution < 1.29 is 23.8 Å². The highest BCUT2D eigenvalue weighted by Gasteiger charge is 2.28. The van der Waals surface area contributed by atoms with Crippen LogP contribution in [0.5, 0.6) is 17.2 Å². The third kappa shape index (κ3) is 4.74. The van der Waals surface area contributed by atoms with Gasteiger partial charge in [-0.05, 0) is 53.6 Å². The number of carbonyl (C=O) groups is 2. The molecule has 156 valence electrons. The van der Waals surface area contributed by atoms with Crippen molar-refractivity contribution in [1.29, 1.82) is 0 Å². The number of rotatable bonds is 5. The van der Waals surface area contributed by atoms with Crippen molar-refractivity contribution in [3.8, 4) is 17.2 Å². The number of benzene rings is 3. The Morgan fingerprint density at radius 3 is 2.42 bits per heavy atom. The van der Waals surface area contributed by atoms with E-state index in [-0.39, 0.29) is 18.0 Å². The van der Waals surface area contributed by atoms with Gasteiger partial charge in [-0.25, -0.2) is 0 Å². The second-order valence-electron chi connectivity index (χ2n) is 6.77. The lowest BCUT2D eigenvalue weighted by Crippen LogP contribution is -2.11. The third-order valence-corrected chi connectivity index (χ3v) is 5.36. The number of carbonyl (C=O) groups excluding carboxylic acids is 2. The van der Waals surface area contributed by atoms with Crippen LogP contribution in [0.3, 0.4) is 0 Å². The van der Waals surface area contributed by atoms with E-state index in [1.807, 2.05) is 0 Å². The second kappa shape index (κ2) is 8.84. The molecule has 1 aliphatic heterocycles. The van der Waals surface area contributed by atoms with E-state index in [0.29, 0.717) is 38.4 Å². The lowest BCUT2D eigenvalue weighted by molar-refractivity contribution is -0.133. The number of hydrogen-bond donors (Lipinski definition) is 0. The van der Waals surface area contributed by atoms with Gasteiger partial charge in [-0.15, -0.1) is 0 Å². The molecule has 0 atom stereocenters. The van der Waals surface area contributed by atoms with Crippen molar-refractivity contribution in [2.45, 2.75) is 6.42 Å². The molecule has 0 aliphatic carbocycles. The van der Waals surface area contributed by atoms with Crippen molar-refractivity contribution in [2.24, 2.45) is 0 Å². The zero-order chi connectivity index (χ0) is 22.0.